The van der Waals surface area contributed by atoms with Gasteiger partial charge in [0, 0.05) is 11.6 Å². The minimum Gasteiger partial charge on any atom is -0.309 e. The van der Waals surface area contributed by atoms with Crippen molar-refractivity contribution in [1.29, 1.82) is 0 Å². The van der Waals surface area contributed by atoms with Crippen molar-refractivity contribution in [1.82, 2.24) is 14.9 Å². The highest BCUT2D eigenvalue weighted by Crippen LogP contribution is 2.23. The number of para-hydroxylation sites is 1. The van der Waals surface area contributed by atoms with Crippen LogP contribution < -0.4 is 5.56 Å². The van der Waals surface area contributed by atoms with Gasteiger partial charge in [0.25, 0.3) is 5.56 Å². The molecule has 0 saturated heterocycles. The van der Waals surface area contributed by atoms with Gasteiger partial charge in [0.1, 0.15) is 17.5 Å². The molecular weight excluding hydrogens is 312 g/mol. The molecule has 1 atom stereocenters. The molecule has 2 aromatic carbocycles. The van der Waals surface area contributed by atoms with Crippen LogP contribution in [-0.4, -0.2) is 21.9 Å². The molecule has 3 rings (SSSR count). The minimum absolute atomic E-state index is 0.214. The number of hydrogen-bond acceptors (Lipinski definition) is 3. The van der Waals surface area contributed by atoms with Crippen LogP contribution in [0.15, 0.2) is 47.3 Å². The highest BCUT2D eigenvalue weighted by Gasteiger charge is 2.18. The molecule has 0 aliphatic rings. The third-order valence-corrected chi connectivity index (χ3v) is 4.13. The summed E-state index contributed by atoms with van der Waals surface area (Å²) in [7, 11) is 1.77. The molecule has 124 valence electrons. The Bertz CT molecular complexity index is 939. The predicted octanol–water partition coefficient (Wildman–Crippen LogP) is 3.39. The van der Waals surface area contributed by atoms with E-state index in [1.165, 1.54) is 6.07 Å². The summed E-state index contributed by atoms with van der Waals surface area (Å²) >= 11 is 0. The largest absolute Gasteiger partial charge is 0.309 e. The first-order valence-electron chi connectivity index (χ1n) is 7.59. The molecule has 1 aromatic heterocycles. The lowest BCUT2D eigenvalue weighted by atomic mass is 10.1. The van der Waals surface area contributed by atoms with E-state index >= 15 is 0 Å². The molecule has 0 fully saturated rings. The molecule has 6 heteroatoms. The maximum atomic E-state index is 13.9. The number of nitrogens with zero attached hydrogens (tertiary/aromatic N) is 2. The van der Waals surface area contributed by atoms with Crippen LogP contribution >= 0.6 is 0 Å². The second kappa shape index (κ2) is 6.49. The molecule has 0 unspecified atom stereocenters. The molecule has 4 nitrogen and oxygen atoms in total. The van der Waals surface area contributed by atoms with E-state index < -0.39 is 11.6 Å². The molecule has 1 heterocycles. The van der Waals surface area contributed by atoms with E-state index in [9.17, 15) is 13.6 Å². The molecule has 0 radical (unpaired) electrons. The Morgan fingerprint density at radius 1 is 1.21 bits per heavy atom. The number of benzene rings is 2. The Balaban J connectivity index is 1.88. The lowest BCUT2D eigenvalue weighted by Crippen LogP contribution is -2.25. The van der Waals surface area contributed by atoms with E-state index in [1.807, 2.05) is 6.07 Å². The first-order chi connectivity index (χ1) is 11.5. The van der Waals surface area contributed by atoms with Gasteiger partial charge in [-0.25, -0.2) is 13.8 Å². The summed E-state index contributed by atoms with van der Waals surface area (Å²) in [5, 5.41) is 0.521. The molecule has 0 bridgehead atoms. The van der Waals surface area contributed by atoms with Crippen LogP contribution in [0.2, 0.25) is 0 Å². The first kappa shape index (κ1) is 16.3. The van der Waals surface area contributed by atoms with Gasteiger partial charge in [0.15, 0.2) is 0 Å². The number of halogens is 2. The maximum Gasteiger partial charge on any atom is 0.258 e. The Kier molecular flexibility index (Phi) is 4.40. The van der Waals surface area contributed by atoms with Gasteiger partial charge in [0.05, 0.1) is 17.4 Å². The molecule has 24 heavy (non-hydrogen) atoms. The van der Waals surface area contributed by atoms with E-state index in [0.717, 1.165) is 12.1 Å². The maximum absolute atomic E-state index is 13.9. The topological polar surface area (TPSA) is 49.0 Å². The van der Waals surface area contributed by atoms with Crippen LogP contribution in [0.1, 0.15) is 24.4 Å². The number of aromatic nitrogens is 2. The zero-order valence-electron chi connectivity index (χ0n) is 13.4. The summed E-state index contributed by atoms with van der Waals surface area (Å²) in [6.07, 6.45) is 0. The number of nitrogens with one attached hydrogen (secondary N) is 1. The monoisotopic (exact) mass is 329 g/mol. The summed E-state index contributed by atoms with van der Waals surface area (Å²) in [6, 6.07) is 10.1. The van der Waals surface area contributed by atoms with Crippen LogP contribution in [0.25, 0.3) is 10.9 Å². The fraction of sp³-hybridized carbons (Fsp3) is 0.222. The van der Waals surface area contributed by atoms with Crippen LogP contribution in [-0.2, 0) is 6.54 Å². The van der Waals surface area contributed by atoms with Crippen molar-refractivity contribution in [2.45, 2.75) is 19.5 Å². The number of rotatable bonds is 4. The Morgan fingerprint density at radius 3 is 2.75 bits per heavy atom. The van der Waals surface area contributed by atoms with Gasteiger partial charge in [0.2, 0.25) is 0 Å². The van der Waals surface area contributed by atoms with E-state index in [2.05, 4.69) is 9.97 Å². The number of hydrogen-bond donors (Lipinski definition) is 1. The van der Waals surface area contributed by atoms with Crippen molar-refractivity contribution >= 4 is 10.9 Å². The lowest BCUT2D eigenvalue weighted by Gasteiger charge is -2.25. The number of H-pyrrole nitrogens is 1. The molecule has 0 amide bonds. The van der Waals surface area contributed by atoms with E-state index in [1.54, 1.807) is 37.1 Å². The van der Waals surface area contributed by atoms with Crippen molar-refractivity contribution in [3.8, 4) is 0 Å². The highest BCUT2D eigenvalue weighted by atomic mass is 19.1. The lowest BCUT2D eigenvalue weighted by molar-refractivity contribution is 0.241. The van der Waals surface area contributed by atoms with Crippen molar-refractivity contribution < 1.29 is 8.78 Å². The molecule has 0 aliphatic heterocycles. The zero-order chi connectivity index (χ0) is 17.3. The van der Waals surface area contributed by atoms with Gasteiger partial charge in [-0.05, 0) is 44.3 Å². The Morgan fingerprint density at radius 2 is 1.96 bits per heavy atom. The molecule has 0 aliphatic carbocycles. The number of aromatic amines is 1. The first-order valence-corrected chi connectivity index (χ1v) is 7.59. The summed E-state index contributed by atoms with van der Waals surface area (Å²) in [4.78, 5) is 21.1. The van der Waals surface area contributed by atoms with Crippen LogP contribution in [0.3, 0.4) is 0 Å². The predicted molar refractivity (Wildman–Crippen MR) is 88.6 cm³/mol. The van der Waals surface area contributed by atoms with Gasteiger partial charge in [-0.2, -0.15) is 0 Å². The second-order valence-corrected chi connectivity index (χ2v) is 5.79. The smallest absolute Gasteiger partial charge is 0.258 e. The van der Waals surface area contributed by atoms with Crippen molar-refractivity contribution in [3.63, 3.8) is 0 Å². The summed E-state index contributed by atoms with van der Waals surface area (Å²) < 4.78 is 27.3. The van der Waals surface area contributed by atoms with Gasteiger partial charge < -0.3 is 4.98 Å². The van der Waals surface area contributed by atoms with E-state index in [0.29, 0.717) is 23.3 Å². The summed E-state index contributed by atoms with van der Waals surface area (Å²) in [6.45, 7) is 2.08. The van der Waals surface area contributed by atoms with Crippen molar-refractivity contribution in [2.24, 2.45) is 0 Å². The summed E-state index contributed by atoms with van der Waals surface area (Å²) in [5.41, 5.74) is 0.656. The normalized spacial score (nSPS) is 12.7. The molecule has 3 aromatic rings. The SMILES string of the molecule is C[C@H](c1cc(F)ccc1F)N(C)Cc1nc2ccccc2c(=O)[nH]1. The molecule has 0 spiro atoms. The standard InChI is InChI=1S/C18H17F2N3O/c1-11(14-9-12(19)7-8-15(14)20)23(2)10-17-21-16-6-4-3-5-13(16)18(24)22-17/h3-9,11H,10H2,1-2H3,(H,21,22,24)/t11-/m1/s1. The number of fused-ring (bicyclic) bond motifs is 1. The van der Waals surface area contributed by atoms with Crippen LogP contribution in [0.4, 0.5) is 8.78 Å². The Hall–Kier alpha value is -2.60. The average molecular weight is 329 g/mol. The molecule has 0 saturated carbocycles. The highest BCUT2D eigenvalue weighted by molar-refractivity contribution is 5.77. The summed E-state index contributed by atoms with van der Waals surface area (Å²) in [5.74, 6) is -0.468. The minimum atomic E-state index is -0.483. The van der Waals surface area contributed by atoms with Gasteiger partial charge in [-0.15, -0.1) is 0 Å². The quantitative estimate of drug-likeness (QED) is 0.798. The van der Waals surface area contributed by atoms with Crippen LogP contribution in [0, 0.1) is 11.6 Å². The third-order valence-electron chi connectivity index (χ3n) is 4.13. The van der Waals surface area contributed by atoms with Crippen molar-refractivity contribution in [3.05, 3.63) is 75.8 Å². The average Bonchev–Trinajstić information content (AvgIpc) is 2.56. The molecular formula is C18H17F2N3O. The van der Waals surface area contributed by atoms with E-state index in [4.69, 9.17) is 0 Å². The Labute approximate surface area is 137 Å². The van der Waals surface area contributed by atoms with Crippen molar-refractivity contribution in [2.75, 3.05) is 7.05 Å². The van der Waals surface area contributed by atoms with Gasteiger partial charge in [-0.3, -0.25) is 9.69 Å². The third kappa shape index (κ3) is 3.19. The van der Waals surface area contributed by atoms with Gasteiger partial charge >= 0.3 is 0 Å². The van der Waals surface area contributed by atoms with Crippen LogP contribution in [0.5, 0.6) is 0 Å². The fourth-order valence-corrected chi connectivity index (χ4v) is 2.66. The second-order valence-electron chi connectivity index (χ2n) is 5.79. The molecule has 1 N–H and O–H groups in total. The van der Waals surface area contributed by atoms with Gasteiger partial charge in [-0.1, -0.05) is 12.1 Å². The fourth-order valence-electron chi connectivity index (χ4n) is 2.66. The zero-order valence-corrected chi connectivity index (χ0v) is 13.4. The van der Waals surface area contributed by atoms with E-state index in [-0.39, 0.29) is 17.2 Å².